The minimum atomic E-state index is -0.0477. The molecule has 0 saturated carbocycles. The van der Waals surface area contributed by atoms with E-state index in [1.54, 1.807) is 18.2 Å². The molecule has 0 spiro atoms. The van der Waals surface area contributed by atoms with Gasteiger partial charge in [-0.2, -0.15) is 0 Å². The Morgan fingerprint density at radius 2 is 1.81 bits per heavy atom. The summed E-state index contributed by atoms with van der Waals surface area (Å²) in [4.78, 5) is 17.1. The molecule has 2 atom stereocenters. The molecule has 2 saturated heterocycles. The number of halogens is 2. The monoisotopic (exact) mass is 413 g/mol. The fourth-order valence-corrected chi connectivity index (χ4v) is 4.45. The third-order valence-electron chi connectivity index (χ3n) is 5.29. The molecule has 1 amide bonds. The van der Waals surface area contributed by atoms with Crippen LogP contribution in [0.2, 0.25) is 10.0 Å². The molecule has 1 N–H and O–H groups in total. The number of nitrogens with zero attached hydrogens (tertiary/aromatic N) is 2. The van der Waals surface area contributed by atoms with Gasteiger partial charge in [-0.15, -0.1) is 0 Å². The number of amides is 1. The van der Waals surface area contributed by atoms with Crippen LogP contribution < -0.4 is 5.32 Å². The van der Waals surface area contributed by atoms with Crippen LogP contribution >= 0.6 is 23.2 Å². The average molecular weight is 414 g/mol. The Labute approximate surface area is 171 Å². The maximum Gasteiger partial charge on any atom is 0.238 e. The number of hydrogen-bond acceptors (Lipinski definition) is 4. The molecule has 1 aromatic rings. The molecule has 2 aliphatic heterocycles. The first-order valence-electron chi connectivity index (χ1n) is 9.74. The molecule has 2 unspecified atom stereocenters. The van der Waals surface area contributed by atoms with Crippen LogP contribution in [0, 0.1) is 5.92 Å². The predicted octanol–water partition coefficient (Wildman–Crippen LogP) is 3.75. The summed E-state index contributed by atoms with van der Waals surface area (Å²) in [7, 11) is 0. The van der Waals surface area contributed by atoms with Crippen LogP contribution in [0.3, 0.4) is 0 Å². The molecule has 0 radical (unpaired) electrons. The van der Waals surface area contributed by atoms with E-state index in [9.17, 15) is 4.79 Å². The zero-order valence-electron chi connectivity index (χ0n) is 16.1. The lowest BCUT2D eigenvalue weighted by Crippen LogP contribution is -2.48. The molecule has 3 rings (SSSR count). The molecule has 7 heteroatoms. The van der Waals surface area contributed by atoms with Gasteiger partial charge in [0.1, 0.15) is 0 Å². The fraction of sp³-hybridized carbons (Fsp3) is 0.650. The number of ether oxygens (including phenoxy) is 1. The van der Waals surface area contributed by atoms with Crippen LogP contribution in [0.25, 0.3) is 0 Å². The second-order valence-electron chi connectivity index (χ2n) is 7.87. The largest absolute Gasteiger partial charge is 0.373 e. The lowest BCUT2D eigenvalue weighted by atomic mass is 9.95. The lowest BCUT2D eigenvalue weighted by Gasteiger charge is -2.39. The van der Waals surface area contributed by atoms with Crippen molar-refractivity contribution in [3.05, 3.63) is 28.2 Å². The van der Waals surface area contributed by atoms with Crippen molar-refractivity contribution in [2.24, 2.45) is 5.92 Å². The summed E-state index contributed by atoms with van der Waals surface area (Å²) in [6, 6.07) is 5.08. The van der Waals surface area contributed by atoms with Crippen LogP contribution in [0.5, 0.6) is 0 Å². The Balaban J connectivity index is 1.41. The zero-order valence-corrected chi connectivity index (χ0v) is 17.6. The first-order chi connectivity index (χ1) is 12.9. The van der Waals surface area contributed by atoms with E-state index >= 15 is 0 Å². The minimum Gasteiger partial charge on any atom is -0.373 e. The Hall–Kier alpha value is -0.850. The van der Waals surface area contributed by atoms with Gasteiger partial charge in [-0.05, 0) is 63.9 Å². The van der Waals surface area contributed by atoms with Crippen molar-refractivity contribution in [2.45, 2.75) is 38.9 Å². The third kappa shape index (κ3) is 6.33. The molecule has 2 heterocycles. The third-order valence-corrected chi connectivity index (χ3v) is 5.85. The van der Waals surface area contributed by atoms with Crippen molar-refractivity contribution in [2.75, 3.05) is 44.6 Å². The molecule has 0 bridgehead atoms. The number of likely N-dealkylation sites (tertiary alicyclic amines) is 1. The summed E-state index contributed by atoms with van der Waals surface area (Å²) in [6.07, 6.45) is 2.89. The zero-order chi connectivity index (χ0) is 19.4. The number of rotatable bonds is 5. The Bertz CT molecular complexity index is 640. The van der Waals surface area contributed by atoms with Crippen LogP contribution in [0.15, 0.2) is 18.2 Å². The number of piperidine rings is 1. The number of nitrogens with one attached hydrogen (secondary N) is 1. The molecule has 150 valence electrons. The van der Waals surface area contributed by atoms with Gasteiger partial charge in [-0.25, -0.2) is 0 Å². The Morgan fingerprint density at radius 1 is 1.15 bits per heavy atom. The summed E-state index contributed by atoms with van der Waals surface area (Å²) >= 11 is 12.1. The molecular weight excluding hydrogens is 385 g/mol. The van der Waals surface area contributed by atoms with Crippen molar-refractivity contribution < 1.29 is 9.53 Å². The van der Waals surface area contributed by atoms with E-state index in [-0.39, 0.29) is 5.91 Å². The van der Waals surface area contributed by atoms with Gasteiger partial charge in [0.05, 0.1) is 29.5 Å². The SMILES string of the molecule is CC1CN(CC2CCN(CC(=O)Nc3cc(Cl)ccc3Cl)CC2)CC(C)O1. The van der Waals surface area contributed by atoms with E-state index in [0.717, 1.165) is 45.6 Å². The van der Waals surface area contributed by atoms with E-state index in [2.05, 4.69) is 29.0 Å². The molecule has 5 nitrogen and oxygen atoms in total. The van der Waals surface area contributed by atoms with Crippen LogP contribution in [0.1, 0.15) is 26.7 Å². The molecule has 0 aliphatic carbocycles. The van der Waals surface area contributed by atoms with Gasteiger partial charge in [0.2, 0.25) is 5.91 Å². The van der Waals surface area contributed by atoms with E-state index in [1.807, 2.05) is 0 Å². The standard InChI is InChI=1S/C20H29Cl2N3O2/c1-14-10-25(11-15(2)27-14)12-16-5-7-24(8-6-16)13-20(26)23-19-9-17(21)3-4-18(19)22/h3-4,9,14-16H,5-8,10-13H2,1-2H3,(H,23,26). The van der Waals surface area contributed by atoms with Gasteiger partial charge in [0.25, 0.3) is 0 Å². The topological polar surface area (TPSA) is 44.8 Å². The highest BCUT2D eigenvalue weighted by molar-refractivity contribution is 6.35. The molecule has 2 fully saturated rings. The van der Waals surface area contributed by atoms with Gasteiger partial charge < -0.3 is 10.1 Å². The molecule has 27 heavy (non-hydrogen) atoms. The second kappa shape index (κ2) is 9.57. The van der Waals surface area contributed by atoms with E-state index in [4.69, 9.17) is 27.9 Å². The van der Waals surface area contributed by atoms with Gasteiger partial charge in [-0.3, -0.25) is 14.6 Å². The van der Waals surface area contributed by atoms with Crippen molar-refractivity contribution in [3.8, 4) is 0 Å². The van der Waals surface area contributed by atoms with Gasteiger partial charge in [0.15, 0.2) is 0 Å². The number of morpholine rings is 1. The van der Waals surface area contributed by atoms with Crippen LogP contribution in [-0.4, -0.2) is 67.2 Å². The Kier molecular flexibility index (Phi) is 7.40. The summed E-state index contributed by atoms with van der Waals surface area (Å²) in [6.45, 7) is 9.78. The van der Waals surface area contributed by atoms with Gasteiger partial charge in [0, 0.05) is 24.7 Å². The number of carbonyl (C=O) groups is 1. The van der Waals surface area contributed by atoms with E-state index in [0.29, 0.717) is 40.4 Å². The van der Waals surface area contributed by atoms with Crippen molar-refractivity contribution in [3.63, 3.8) is 0 Å². The smallest absolute Gasteiger partial charge is 0.238 e. The molecular formula is C20H29Cl2N3O2. The van der Waals surface area contributed by atoms with Gasteiger partial charge >= 0.3 is 0 Å². The first kappa shape index (κ1) is 20.9. The fourth-order valence-electron chi connectivity index (χ4n) is 4.11. The quantitative estimate of drug-likeness (QED) is 0.797. The first-order valence-corrected chi connectivity index (χ1v) is 10.5. The number of carbonyl (C=O) groups excluding carboxylic acids is 1. The number of hydrogen-bond donors (Lipinski definition) is 1. The van der Waals surface area contributed by atoms with E-state index in [1.165, 1.54) is 0 Å². The summed E-state index contributed by atoms with van der Waals surface area (Å²) in [5.74, 6) is 0.651. The maximum atomic E-state index is 12.3. The maximum absolute atomic E-state index is 12.3. The number of benzene rings is 1. The number of anilines is 1. The predicted molar refractivity (Wildman–Crippen MR) is 111 cm³/mol. The van der Waals surface area contributed by atoms with Gasteiger partial charge in [-0.1, -0.05) is 23.2 Å². The highest BCUT2D eigenvalue weighted by Gasteiger charge is 2.27. The van der Waals surface area contributed by atoms with Crippen LogP contribution in [-0.2, 0) is 9.53 Å². The average Bonchev–Trinajstić information content (AvgIpc) is 2.59. The van der Waals surface area contributed by atoms with Crippen molar-refractivity contribution in [1.82, 2.24) is 9.80 Å². The summed E-state index contributed by atoms with van der Waals surface area (Å²) in [5.41, 5.74) is 0.569. The lowest BCUT2D eigenvalue weighted by molar-refractivity contribution is -0.117. The molecule has 0 aromatic heterocycles. The summed E-state index contributed by atoms with van der Waals surface area (Å²) in [5, 5.41) is 3.92. The molecule has 2 aliphatic rings. The van der Waals surface area contributed by atoms with Crippen molar-refractivity contribution >= 4 is 34.8 Å². The Morgan fingerprint density at radius 3 is 2.48 bits per heavy atom. The normalized spacial score (nSPS) is 25.5. The van der Waals surface area contributed by atoms with Crippen LogP contribution in [0.4, 0.5) is 5.69 Å². The summed E-state index contributed by atoms with van der Waals surface area (Å²) < 4.78 is 5.82. The second-order valence-corrected chi connectivity index (χ2v) is 8.71. The minimum absolute atomic E-state index is 0.0477. The van der Waals surface area contributed by atoms with E-state index < -0.39 is 0 Å². The highest BCUT2D eigenvalue weighted by atomic mass is 35.5. The van der Waals surface area contributed by atoms with Crippen molar-refractivity contribution in [1.29, 1.82) is 0 Å². The molecule has 1 aromatic carbocycles. The highest BCUT2D eigenvalue weighted by Crippen LogP contribution is 2.26.